The summed E-state index contributed by atoms with van der Waals surface area (Å²) in [5.74, 6) is 1.69. The first-order valence-electron chi connectivity index (χ1n) is 6.49. The molecule has 1 N–H and O–H groups in total. The molecule has 0 aromatic heterocycles. The Bertz CT molecular complexity index is 298. The maximum Gasteiger partial charge on any atom is 0.410 e. The van der Waals surface area contributed by atoms with Gasteiger partial charge in [0.2, 0.25) is 0 Å². The molecule has 0 aromatic rings. The molecule has 1 amide bonds. The number of nitrogens with zero attached hydrogens (tertiary/aromatic N) is 1. The Morgan fingerprint density at radius 1 is 1.47 bits per heavy atom. The van der Waals surface area contributed by atoms with Gasteiger partial charge < -0.3 is 14.7 Å². The van der Waals surface area contributed by atoms with E-state index in [0.29, 0.717) is 24.4 Å². The lowest BCUT2D eigenvalue weighted by atomic mass is 10.0. The summed E-state index contributed by atoms with van der Waals surface area (Å²) in [5, 5.41) is 9.06. The van der Waals surface area contributed by atoms with Crippen LogP contribution in [0.2, 0.25) is 0 Å². The van der Waals surface area contributed by atoms with Crippen molar-refractivity contribution in [3.63, 3.8) is 0 Å². The molecule has 98 valence electrons. The minimum atomic E-state index is -0.414. The van der Waals surface area contributed by atoms with E-state index in [0.717, 1.165) is 25.9 Å². The summed E-state index contributed by atoms with van der Waals surface area (Å²) >= 11 is 0. The number of hydrogen-bond acceptors (Lipinski definition) is 3. The number of ether oxygens (including phenoxy) is 1. The fraction of sp³-hybridized carbons (Fsp3) is 0.923. The van der Waals surface area contributed by atoms with Crippen molar-refractivity contribution in [3.8, 4) is 0 Å². The van der Waals surface area contributed by atoms with Gasteiger partial charge in [0, 0.05) is 19.7 Å². The van der Waals surface area contributed by atoms with E-state index in [-0.39, 0.29) is 6.09 Å². The Morgan fingerprint density at radius 3 is 2.71 bits per heavy atom. The molecule has 1 heterocycles. The summed E-state index contributed by atoms with van der Waals surface area (Å²) in [6.07, 6.45) is 1.99. The second-order valence-corrected chi connectivity index (χ2v) is 6.32. The SMILES string of the molecule is CC(C)(C)OC(=O)N1CCC(C2CC2CO)C1. The zero-order chi connectivity index (χ0) is 12.6. The Hall–Kier alpha value is -0.770. The van der Waals surface area contributed by atoms with Gasteiger partial charge in [-0.15, -0.1) is 0 Å². The van der Waals surface area contributed by atoms with Gasteiger partial charge in [0.15, 0.2) is 0 Å². The van der Waals surface area contributed by atoms with Crippen molar-refractivity contribution in [3.05, 3.63) is 0 Å². The zero-order valence-electron chi connectivity index (χ0n) is 11.0. The highest BCUT2D eigenvalue weighted by atomic mass is 16.6. The second kappa shape index (κ2) is 4.48. The Morgan fingerprint density at radius 2 is 2.18 bits per heavy atom. The number of aliphatic hydroxyl groups excluding tert-OH is 1. The smallest absolute Gasteiger partial charge is 0.410 e. The maximum atomic E-state index is 11.9. The molecule has 1 saturated heterocycles. The van der Waals surface area contributed by atoms with Gasteiger partial charge in [-0.2, -0.15) is 0 Å². The average Bonchev–Trinajstić information content (AvgIpc) is 2.83. The van der Waals surface area contributed by atoms with Crippen LogP contribution in [-0.4, -0.2) is 41.4 Å². The summed E-state index contributed by atoms with van der Waals surface area (Å²) < 4.78 is 5.36. The van der Waals surface area contributed by atoms with Crippen molar-refractivity contribution in [2.24, 2.45) is 17.8 Å². The lowest BCUT2D eigenvalue weighted by Crippen LogP contribution is -2.35. The first-order valence-corrected chi connectivity index (χ1v) is 6.49. The summed E-state index contributed by atoms with van der Waals surface area (Å²) in [5.41, 5.74) is -0.414. The van der Waals surface area contributed by atoms with Crippen LogP contribution in [0.25, 0.3) is 0 Å². The van der Waals surface area contributed by atoms with Gasteiger partial charge in [-0.25, -0.2) is 4.79 Å². The monoisotopic (exact) mass is 241 g/mol. The lowest BCUT2D eigenvalue weighted by Gasteiger charge is -2.24. The molecule has 4 heteroatoms. The van der Waals surface area contributed by atoms with Crippen LogP contribution in [0.5, 0.6) is 0 Å². The van der Waals surface area contributed by atoms with Crippen LogP contribution in [0, 0.1) is 17.8 Å². The molecule has 0 spiro atoms. The summed E-state index contributed by atoms with van der Waals surface area (Å²) in [6.45, 7) is 7.57. The molecule has 2 fully saturated rings. The van der Waals surface area contributed by atoms with Crippen LogP contribution in [0.15, 0.2) is 0 Å². The highest BCUT2D eigenvalue weighted by Crippen LogP contribution is 2.47. The average molecular weight is 241 g/mol. The zero-order valence-corrected chi connectivity index (χ0v) is 11.0. The fourth-order valence-electron chi connectivity index (χ4n) is 2.69. The van der Waals surface area contributed by atoms with Gasteiger partial charge in [-0.3, -0.25) is 0 Å². The number of likely N-dealkylation sites (tertiary alicyclic amines) is 1. The fourth-order valence-corrected chi connectivity index (χ4v) is 2.69. The standard InChI is InChI=1S/C13H23NO3/c1-13(2,3)17-12(16)14-5-4-9(7-14)11-6-10(11)8-15/h9-11,15H,4-8H2,1-3H3. The molecule has 3 atom stereocenters. The van der Waals surface area contributed by atoms with Gasteiger partial charge >= 0.3 is 6.09 Å². The van der Waals surface area contributed by atoms with E-state index in [4.69, 9.17) is 9.84 Å². The molecule has 1 aliphatic carbocycles. The van der Waals surface area contributed by atoms with Crippen LogP contribution in [0.3, 0.4) is 0 Å². The quantitative estimate of drug-likeness (QED) is 0.803. The van der Waals surface area contributed by atoms with Crippen molar-refractivity contribution in [2.45, 2.75) is 39.2 Å². The molecule has 2 rings (SSSR count). The number of carbonyl (C=O) groups excluding carboxylic acids is 1. The Labute approximate surface area is 103 Å². The first-order chi connectivity index (χ1) is 7.90. The first kappa shape index (κ1) is 12.7. The van der Waals surface area contributed by atoms with Crippen LogP contribution < -0.4 is 0 Å². The molecular formula is C13H23NO3. The summed E-state index contributed by atoms with van der Waals surface area (Å²) in [7, 11) is 0. The highest BCUT2D eigenvalue weighted by molar-refractivity contribution is 5.68. The molecule has 17 heavy (non-hydrogen) atoms. The van der Waals surface area contributed by atoms with Crippen LogP contribution in [-0.2, 0) is 4.74 Å². The summed E-state index contributed by atoms with van der Waals surface area (Å²) in [4.78, 5) is 13.7. The molecule has 0 aromatic carbocycles. The number of aliphatic hydroxyl groups is 1. The molecule has 3 unspecified atom stereocenters. The van der Waals surface area contributed by atoms with E-state index >= 15 is 0 Å². The second-order valence-electron chi connectivity index (χ2n) is 6.32. The van der Waals surface area contributed by atoms with Crippen molar-refractivity contribution >= 4 is 6.09 Å². The number of amides is 1. The van der Waals surface area contributed by atoms with Gasteiger partial charge in [-0.1, -0.05) is 0 Å². The normalized spacial score (nSPS) is 32.7. The van der Waals surface area contributed by atoms with E-state index in [1.807, 2.05) is 25.7 Å². The predicted octanol–water partition coefficient (Wildman–Crippen LogP) is 1.87. The minimum absolute atomic E-state index is 0.193. The minimum Gasteiger partial charge on any atom is -0.444 e. The topological polar surface area (TPSA) is 49.8 Å². The lowest BCUT2D eigenvalue weighted by molar-refractivity contribution is 0.0286. The molecular weight excluding hydrogens is 218 g/mol. The van der Waals surface area contributed by atoms with Crippen molar-refractivity contribution in [1.29, 1.82) is 0 Å². The number of carbonyl (C=O) groups is 1. The third-order valence-electron chi connectivity index (χ3n) is 3.69. The van der Waals surface area contributed by atoms with Crippen molar-refractivity contribution in [1.82, 2.24) is 4.90 Å². The number of hydrogen-bond donors (Lipinski definition) is 1. The summed E-state index contributed by atoms with van der Waals surface area (Å²) in [6, 6.07) is 0. The largest absolute Gasteiger partial charge is 0.444 e. The van der Waals surface area contributed by atoms with Crippen molar-refractivity contribution < 1.29 is 14.6 Å². The third kappa shape index (κ3) is 3.12. The van der Waals surface area contributed by atoms with E-state index in [2.05, 4.69) is 0 Å². The van der Waals surface area contributed by atoms with E-state index in [9.17, 15) is 4.79 Å². The molecule has 1 aliphatic heterocycles. The van der Waals surface area contributed by atoms with E-state index in [1.165, 1.54) is 0 Å². The highest BCUT2D eigenvalue weighted by Gasteiger charge is 2.45. The van der Waals surface area contributed by atoms with Crippen LogP contribution >= 0.6 is 0 Å². The molecule has 0 bridgehead atoms. The molecule has 4 nitrogen and oxygen atoms in total. The van der Waals surface area contributed by atoms with Gasteiger partial charge in [-0.05, 0) is 51.4 Å². The number of rotatable bonds is 2. The van der Waals surface area contributed by atoms with E-state index < -0.39 is 5.60 Å². The van der Waals surface area contributed by atoms with Crippen LogP contribution in [0.1, 0.15) is 33.6 Å². The third-order valence-corrected chi connectivity index (χ3v) is 3.69. The maximum absolute atomic E-state index is 11.9. The van der Waals surface area contributed by atoms with Gasteiger partial charge in [0.25, 0.3) is 0 Å². The predicted molar refractivity (Wildman–Crippen MR) is 64.6 cm³/mol. The van der Waals surface area contributed by atoms with Gasteiger partial charge in [0.05, 0.1) is 0 Å². The van der Waals surface area contributed by atoms with Gasteiger partial charge in [0.1, 0.15) is 5.60 Å². The van der Waals surface area contributed by atoms with Crippen LogP contribution in [0.4, 0.5) is 4.79 Å². The molecule has 1 saturated carbocycles. The Kier molecular flexibility index (Phi) is 3.34. The Balaban J connectivity index is 1.80. The molecule has 2 aliphatic rings. The van der Waals surface area contributed by atoms with Crippen molar-refractivity contribution in [2.75, 3.05) is 19.7 Å². The molecule has 0 radical (unpaired) electrons. The van der Waals surface area contributed by atoms with E-state index in [1.54, 1.807) is 0 Å².